The molecule has 1 N–H and O–H groups in total. The van der Waals surface area contributed by atoms with Gasteiger partial charge in [-0.25, -0.2) is 4.79 Å². The van der Waals surface area contributed by atoms with Crippen molar-refractivity contribution >= 4 is 17.7 Å². The first-order valence-corrected chi connectivity index (χ1v) is 9.26. The topological polar surface area (TPSA) is 76.8 Å². The van der Waals surface area contributed by atoms with Gasteiger partial charge in [-0.1, -0.05) is 30.3 Å². The van der Waals surface area contributed by atoms with Crippen molar-refractivity contribution in [3.8, 4) is 11.8 Å². The number of anilines is 1. The van der Waals surface area contributed by atoms with Crippen LogP contribution in [0.2, 0.25) is 0 Å². The lowest BCUT2D eigenvalue weighted by atomic mass is 10.1. The monoisotopic (exact) mass is 377 g/mol. The summed E-state index contributed by atoms with van der Waals surface area (Å²) >= 11 is 0. The maximum atomic E-state index is 10.9. The second-order valence-electron chi connectivity index (χ2n) is 6.56. The van der Waals surface area contributed by atoms with Crippen LogP contribution in [0.3, 0.4) is 0 Å². The highest BCUT2D eigenvalue weighted by molar-refractivity contribution is 5.96. The quantitative estimate of drug-likeness (QED) is 0.591. The summed E-state index contributed by atoms with van der Waals surface area (Å²) in [4.78, 5) is 15.6. The molecule has 1 aliphatic heterocycles. The van der Waals surface area contributed by atoms with Crippen LogP contribution in [0.4, 0.5) is 5.69 Å². The fourth-order valence-corrected chi connectivity index (χ4v) is 3.13. The molecule has 0 saturated carbocycles. The number of carbonyl (C=O) groups is 1. The summed E-state index contributed by atoms with van der Waals surface area (Å²) in [7, 11) is 0. The number of piperazine rings is 1. The number of nitriles is 1. The lowest BCUT2D eigenvalue weighted by Gasteiger charge is -2.36. The van der Waals surface area contributed by atoms with Crippen molar-refractivity contribution in [3.63, 3.8) is 0 Å². The van der Waals surface area contributed by atoms with Crippen LogP contribution in [0, 0.1) is 11.3 Å². The molecular formula is C22H23N3O3. The Morgan fingerprint density at radius 3 is 2.36 bits per heavy atom. The summed E-state index contributed by atoms with van der Waals surface area (Å²) in [6.07, 6.45) is 1.39. The molecule has 1 fully saturated rings. The standard InChI is InChI=1S/C22H23N3O3/c23-17-19(22(26)27)16-18-6-8-20(9-7-18)25-12-10-24(11-13-25)14-15-28-21-4-2-1-3-5-21/h1-9,16H,10-15H2,(H,26,27)/b19-16+. The third-order valence-corrected chi connectivity index (χ3v) is 4.71. The van der Waals surface area contributed by atoms with E-state index in [1.165, 1.54) is 6.08 Å². The Morgan fingerprint density at radius 2 is 1.75 bits per heavy atom. The van der Waals surface area contributed by atoms with E-state index in [2.05, 4.69) is 9.80 Å². The molecular weight excluding hydrogens is 354 g/mol. The third kappa shape index (κ3) is 5.35. The molecule has 2 aromatic rings. The Kier molecular flexibility index (Phi) is 6.66. The van der Waals surface area contributed by atoms with E-state index < -0.39 is 5.97 Å². The van der Waals surface area contributed by atoms with Crippen LogP contribution in [0.1, 0.15) is 5.56 Å². The molecule has 0 amide bonds. The van der Waals surface area contributed by atoms with Gasteiger partial charge in [0.2, 0.25) is 0 Å². The fourth-order valence-electron chi connectivity index (χ4n) is 3.13. The SMILES string of the molecule is N#C/C(=C\c1ccc(N2CCN(CCOc3ccccc3)CC2)cc1)C(=O)O. The summed E-state index contributed by atoms with van der Waals surface area (Å²) < 4.78 is 5.77. The zero-order valence-corrected chi connectivity index (χ0v) is 15.6. The molecule has 3 rings (SSSR count). The summed E-state index contributed by atoms with van der Waals surface area (Å²) in [5, 5.41) is 17.8. The Bertz CT molecular complexity index is 849. The van der Waals surface area contributed by atoms with Gasteiger partial charge in [-0.05, 0) is 35.9 Å². The van der Waals surface area contributed by atoms with Gasteiger partial charge in [-0.15, -0.1) is 0 Å². The number of benzene rings is 2. The van der Waals surface area contributed by atoms with Crippen LogP contribution < -0.4 is 9.64 Å². The number of carboxylic acids is 1. The van der Waals surface area contributed by atoms with Crippen molar-refractivity contribution in [3.05, 3.63) is 65.7 Å². The Morgan fingerprint density at radius 1 is 1.07 bits per heavy atom. The molecule has 144 valence electrons. The highest BCUT2D eigenvalue weighted by Crippen LogP contribution is 2.19. The maximum absolute atomic E-state index is 10.9. The summed E-state index contributed by atoms with van der Waals surface area (Å²) in [5.41, 5.74) is 1.55. The minimum atomic E-state index is -1.21. The van der Waals surface area contributed by atoms with Crippen LogP contribution >= 0.6 is 0 Å². The third-order valence-electron chi connectivity index (χ3n) is 4.71. The number of hydrogen-bond donors (Lipinski definition) is 1. The van der Waals surface area contributed by atoms with Crippen LogP contribution in [-0.2, 0) is 4.79 Å². The molecule has 0 atom stereocenters. The predicted molar refractivity (Wildman–Crippen MR) is 108 cm³/mol. The average Bonchev–Trinajstić information content (AvgIpc) is 2.73. The molecule has 0 aromatic heterocycles. The average molecular weight is 377 g/mol. The first-order chi connectivity index (χ1) is 13.7. The van der Waals surface area contributed by atoms with E-state index >= 15 is 0 Å². The van der Waals surface area contributed by atoms with E-state index in [1.54, 1.807) is 6.07 Å². The second kappa shape index (κ2) is 9.58. The normalized spacial score (nSPS) is 15.1. The Balaban J connectivity index is 1.47. The van der Waals surface area contributed by atoms with Gasteiger partial charge < -0.3 is 14.7 Å². The Labute approximate surface area is 164 Å². The van der Waals surface area contributed by atoms with Gasteiger partial charge in [0.05, 0.1) is 0 Å². The van der Waals surface area contributed by atoms with Gasteiger partial charge in [0.25, 0.3) is 0 Å². The summed E-state index contributed by atoms with van der Waals surface area (Å²) in [5.74, 6) is -0.309. The molecule has 1 aliphatic rings. The van der Waals surface area contributed by atoms with E-state index in [1.807, 2.05) is 54.6 Å². The number of rotatable bonds is 7. The van der Waals surface area contributed by atoms with Crippen molar-refractivity contribution in [1.29, 1.82) is 5.26 Å². The zero-order valence-electron chi connectivity index (χ0n) is 15.6. The molecule has 28 heavy (non-hydrogen) atoms. The molecule has 6 nitrogen and oxygen atoms in total. The second-order valence-corrected chi connectivity index (χ2v) is 6.56. The largest absolute Gasteiger partial charge is 0.492 e. The van der Waals surface area contributed by atoms with Gasteiger partial charge in [0, 0.05) is 38.4 Å². The van der Waals surface area contributed by atoms with Crippen LogP contribution in [0.5, 0.6) is 5.75 Å². The van der Waals surface area contributed by atoms with Crippen molar-refractivity contribution in [2.75, 3.05) is 44.2 Å². The number of ether oxygens (including phenoxy) is 1. The number of hydrogen-bond acceptors (Lipinski definition) is 5. The molecule has 0 unspecified atom stereocenters. The number of aliphatic carboxylic acids is 1. The minimum absolute atomic E-state index is 0.265. The molecule has 0 aliphatic carbocycles. The van der Waals surface area contributed by atoms with E-state index in [-0.39, 0.29) is 5.57 Å². The lowest BCUT2D eigenvalue weighted by Crippen LogP contribution is -2.47. The van der Waals surface area contributed by atoms with Crippen LogP contribution in [-0.4, -0.2) is 55.3 Å². The zero-order chi connectivity index (χ0) is 19.8. The summed E-state index contributed by atoms with van der Waals surface area (Å²) in [6, 6.07) is 19.2. The van der Waals surface area contributed by atoms with Crippen molar-refractivity contribution in [2.45, 2.75) is 0 Å². The smallest absolute Gasteiger partial charge is 0.346 e. The van der Waals surface area contributed by atoms with Gasteiger partial charge >= 0.3 is 5.97 Å². The van der Waals surface area contributed by atoms with E-state index in [9.17, 15) is 4.79 Å². The predicted octanol–water partition coefficient (Wildman–Crippen LogP) is 2.88. The van der Waals surface area contributed by atoms with Crippen LogP contribution in [0.15, 0.2) is 60.2 Å². The molecule has 0 radical (unpaired) electrons. The van der Waals surface area contributed by atoms with E-state index in [0.29, 0.717) is 12.2 Å². The Hall–Kier alpha value is -3.30. The fraction of sp³-hybridized carbons (Fsp3) is 0.273. The maximum Gasteiger partial charge on any atom is 0.346 e. The first-order valence-electron chi connectivity index (χ1n) is 9.26. The molecule has 1 saturated heterocycles. The number of nitrogens with zero attached hydrogens (tertiary/aromatic N) is 3. The van der Waals surface area contributed by atoms with Crippen LogP contribution in [0.25, 0.3) is 6.08 Å². The lowest BCUT2D eigenvalue weighted by molar-refractivity contribution is -0.132. The van der Waals surface area contributed by atoms with Gasteiger partial charge in [0.15, 0.2) is 0 Å². The van der Waals surface area contributed by atoms with Crippen molar-refractivity contribution in [2.24, 2.45) is 0 Å². The van der Waals surface area contributed by atoms with Gasteiger partial charge in [-0.3, -0.25) is 4.90 Å². The minimum Gasteiger partial charge on any atom is -0.492 e. The van der Waals surface area contributed by atoms with Crippen molar-refractivity contribution in [1.82, 2.24) is 4.90 Å². The molecule has 0 bridgehead atoms. The number of para-hydroxylation sites is 1. The van der Waals surface area contributed by atoms with E-state index in [0.717, 1.165) is 44.2 Å². The molecule has 6 heteroatoms. The number of carboxylic acid groups (broad SMARTS) is 1. The molecule has 1 heterocycles. The molecule has 2 aromatic carbocycles. The molecule has 0 spiro atoms. The highest BCUT2D eigenvalue weighted by atomic mass is 16.5. The van der Waals surface area contributed by atoms with Gasteiger partial charge in [0.1, 0.15) is 24.0 Å². The van der Waals surface area contributed by atoms with E-state index in [4.69, 9.17) is 15.1 Å². The highest BCUT2D eigenvalue weighted by Gasteiger charge is 2.17. The van der Waals surface area contributed by atoms with Crippen molar-refractivity contribution < 1.29 is 14.6 Å². The first kappa shape index (κ1) is 19.5. The summed E-state index contributed by atoms with van der Waals surface area (Å²) in [6.45, 7) is 5.38. The van der Waals surface area contributed by atoms with Gasteiger partial charge in [-0.2, -0.15) is 5.26 Å².